The van der Waals surface area contributed by atoms with E-state index in [2.05, 4.69) is 17.4 Å². The minimum Gasteiger partial charge on any atom is -0.466 e. The van der Waals surface area contributed by atoms with Gasteiger partial charge in [-0.2, -0.15) is 0 Å². The molecule has 0 radical (unpaired) electrons. The van der Waals surface area contributed by atoms with Gasteiger partial charge in [0, 0.05) is 18.2 Å². The number of nitrogens with one attached hydrogen (secondary N) is 1. The molecule has 1 atom stereocenters. The van der Waals surface area contributed by atoms with Crippen molar-refractivity contribution in [2.75, 3.05) is 18.5 Å². The summed E-state index contributed by atoms with van der Waals surface area (Å²) >= 11 is 0. The molecule has 3 rings (SSSR count). The maximum absolute atomic E-state index is 12.0. The van der Waals surface area contributed by atoms with Crippen molar-refractivity contribution >= 4 is 11.7 Å². The molecule has 0 fully saturated rings. The molecule has 0 bridgehead atoms. The molecular weight excluding hydrogens is 392 g/mol. The molecule has 0 saturated carbocycles. The van der Waals surface area contributed by atoms with Crippen molar-refractivity contribution in [3.05, 3.63) is 59.8 Å². The van der Waals surface area contributed by atoms with E-state index in [1.54, 1.807) is 0 Å². The number of hydrogen-bond donors (Lipinski definition) is 2. The molecule has 0 aliphatic heterocycles. The number of aliphatic hydroxyl groups is 1. The first-order valence-corrected chi connectivity index (χ1v) is 10.7. The van der Waals surface area contributed by atoms with Gasteiger partial charge in [0.05, 0.1) is 13.0 Å². The van der Waals surface area contributed by atoms with E-state index in [-0.39, 0.29) is 25.0 Å². The number of aromatic nitrogens is 1. The summed E-state index contributed by atoms with van der Waals surface area (Å²) in [5.41, 5.74) is 5.56. The molecule has 1 aromatic heterocycles. The summed E-state index contributed by atoms with van der Waals surface area (Å²) in [6.45, 7) is 6.36. The highest BCUT2D eigenvalue weighted by Gasteiger charge is 2.17. The zero-order chi connectivity index (χ0) is 22.2. The van der Waals surface area contributed by atoms with E-state index in [1.165, 1.54) is 0 Å². The largest absolute Gasteiger partial charge is 0.466 e. The zero-order valence-corrected chi connectivity index (χ0v) is 18.4. The van der Waals surface area contributed by atoms with E-state index in [9.17, 15) is 4.79 Å². The molecule has 3 aromatic rings. The molecule has 6 nitrogen and oxygen atoms in total. The minimum absolute atomic E-state index is 0.181. The lowest BCUT2D eigenvalue weighted by molar-refractivity contribution is -0.142. The average Bonchev–Trinajstić information content (AvgIpc) is 3.13. The van der Waals surface area contributed by atoms with Gasteiger partial charge in [-0.25, -0.2) is 0 Å². The summed E-state index contributed by atoms with van der Waals surface area (Å²) in [6.07, 6.45) is 1.84. The number of anilines is 1. The second kappa shape index (κ2) is 10.8. The first-order chi connectivity index (χ1) is 15.0. The van der Waals surface area contributed by atoms with Crippen LogP contribution in [0.2, 0.25) is 0 Å². The second-order valence-corrected chi connectivity index (χ2v) is 7.60. The Hall–Kier alpha value is -3.12. The first kappa shape index (κ1) is 22.6. The van der Waals surface area contributed by atoms with Gasteiger partial charge in [0.1, 0.15) is 11.4 Å². The Morgan fingerprint density at radius 1 is 1.16 bits per heavy atom. The molecule has 2 N–H and O–H groups in total. The van der Waals surface area contributed by atoms with Crippen LogP contribution in [-0.2, 0) is 16.0 Å². The number of ether oxygens (including phenoxy) is 1. The van der Waals surface area contributed by atoms with Crippen molar-refractivity contribution in [2.24, 2.45) is 0 Å². The normalized spacial score (nSPS) is 11.9. The Labute approximate surface area is 183 Å². The van der Waals surface area contributed by atoms with Crippen molar-refractivity contribution in [3.63, 3.8) is 0 Å². The number of benzene rings is 2. The summed E-state index contributed by atoms with van der Waals surface area (Å²) in [5.74, 6) is 0.467. The fourth-order valence-corrected chi connectivity index (χ4v) is 3.58. The highest BCUT2D eigenvalue weighted by Crippen LogP contribution is 2.33. The van der Waals surface area contributed by atoms with Crippen molar-refractivity contribution in [1.29, 1.82) is 0 Å². The topological polar surface area (TPSA) is 84.6 Å². The first-order valence-electron chi connectivity index (χ1n) is 10.7. The fraction of sp³-hybridized carbons (Fsp3) is 0.360. The molecule has 0 aliphatic rings. The van der Waals surface area contributed by atoms with Crippen molar-refractivity contribution in [2.45, 2.75) is 46.1 Å². The standard InChI is InChI=1S/C25H30N2O4/c1-4-30-23(29)16-21-9-5-6-10-22(21)19-11-13-20(14-12-19)25-24(18(3)27-31-25)26-17(2)8-7-15-28/h5-6,9-14,17,26,28H,4,7-8,15-16H2,1-3H3. The van der Waals surface area contributed by atoms with E-state index < -0.39 is 0 Å². The van der Waals surface area contributed by atoms with Crippen LogP contribution in [0.1, 0.15) is 37.9 Å². The lowest BCUT2D eigenvalue weighted by Crippen LogP contribution is -2.16. The third kappa shape index (κ3) is 5.73. The average molecular weight is 423 g/mol. The van der Waals surface area contributed by atoms with Gasteiger partial charge >= 0.3 is 5.97 Å². The molecule has 1 heterocycles. The summed E-state index contributed by atoms with van der Waals surface area (Å²) in [7, 11) is 0. The predicted molar refractivity (Wildman–Crippen MR) is 122 cm³/mol. The van der Waals surface area contributed by atoms with E-state index >= 15 is 0 Å². The summed E-state index contributed by atoms with van der Waals surface area (Å²) in [6, 6.07) is 16.1. The van der Waals surface area contributed by atoms with E-state index in [0.29, 0.717) is 12.4 Å². The summed E-state index contributed by atoms with van der Waals surface area (Å²) in [4.78, 5) is 12.0. The van der Waals surface area contributed by atoms with Gasteiger partial charge < -0.3 is 19.7 Å². The Kier molecular flexibility index (Phi) is 7.84. The molecule has 6 heteroatoms. The SMILES string of the molecule is CCOC(=O)Cc1ccccc1-c1ccc(-c2onc(C)c2NC(C)CCCO)cc1. The van der Waals surface area contributed by atoms with Crippen LogP contribution in [0.3, 0.4) is 0 Å². The maximum Gasteiger partial charge on any atom is 0.310 e. The second-order valence-electron chi connectivity index (χ2n) is 7.60. The number of nitrogens with zero attached hydrogens (tertiary/aromatic N) is 1. The summed E-state index contributed by atoms with van der Waals surface area (Å²) < 4.78 is 10.7. The molecule has 31 heavy (non-hydrogen) atoms. The Bertz CT molecular complexity index is 995. The van der Waals surface area contributed by atoms with E-state index in [0.717, 1.165) is 46.5 Å². The number of rotatable bonds is 10. The van der Waals surface area contributed by atoms with Gasteiger partial charge in [-0.15, -0.1) is 0 Å². The number of carbonyl (C=O) groups excluding carboxylic acids is 1. The van der Waals surface area contributed by atoms with E-state index in [4.69, 9.17) is 14.4 Å². The van der Waals surface area contributed by atoms with Crippen molar-refractivity contribution < 1.29 is 19.2 Å². The van der Waals surface area contributed by atoms with Crippen LogP contribution in [0, 0.1) is 6.92 Å². The minimum atomic E-state index is -0.227. The molecular formula is C25H30N2O4. The van der Waals surface area contributed by atoms with Crippen LogP contribution in [0.25, 0.3) is 22.5 Å². The maximum atomic E-state index is 12.0. The molecule has 1 unspecified atom stereocenters. The van der Waals surface area contributed by atoms with Crippen LogP contribution < -0.4 is 5.32 Å². The van der Waals surface area contributed by atoms with Crippen molar-refractivity contribution in [3.8, 4) is 22.5 Å². The van der Waals surface area contributed by atoms with Gasteiger partial charge in [-0.05, 0) is 50.3 Å². The van der Waals surface area contributed by atoms with E-state index in [1.807, 2.05) is 62.4 Å². The number of esters is 1. The number of aryl methyl sites for hydroxylation is 1. The lowest BCUT2D eigenvalue weighted by atomic mass is 9.96. The quantitative estimate of drug-likeness (QED) is 0.448. The highest BCUT2D eigenvalue weighted by atomic mass is 16.5. The molecule has 0 spiro atoms. The molecule has 0 amide bonds. The van der Waals surface area contributed by atoms with Gasteiger partial charge in [-0.1, -0.05) is 53.7 Å². The van der Waals surface area contributed by atoms with Gasteiger partial charge in [0.2, 0.25) is 0 Å². The highest BCUT2D eigenvalue weighted by molar-refractivity contribution is 5.80. The lowest BCUT2D eigenvalue weighted by Gasteiger charge is -2.15. The van der Waals surface area contributed by atoms with Gasteiger partial charge in [-0.3, -0.25) is 4.79 Å². The van der Waals surface area contributed by atoms with Gasteiger partial charge in [0.25, 0.3) is 0 Å². The fourth-order valence-electron chi connectivity index (χ4n) is 3.58. The zero-order valence-electron chi connectivity index (χ0n) is 18.4. The van der Waals surface area contributed by atoms with Gasteiger partial charge in [0.15, 0.2) is 5.76 Å². The smallest absolute Gasteiger partial charge is 0.310 e. The molecule has 0 saturated heterocycles. The molecule has 0 aliphatic carbocycles. The van der Waals surface area contributed by atoms with Crippen LogP contribution in [-0.4, -0.2) is 35.5 Å². The van der Waals surface area contributed by atoms with Crippen LogP contribution in [0.15, 0.2) is 53.1 Å². The van der Waals surface area contributed by atoms with Crippen LogP contribution >= 0.6 is 0 Å². The molecule has 2 aromatic carbocycles. The number of carbonyl (C=O) groups is 1. The predicted octanol–water partition coefficient (Wildman–Crippen LogP) is 5.00. The number of aliphatic hydroxyl groups excluding tert-OH is 1. The summed E-state index contributed by atoms with van der Waals surface area (Å²) in [5, 5.41) is 16.7. The molecule has 164 valence electrons. The van der Waals surface area contributed by atoms with Crippen molar-refractivity contribution in [1.82, 2.24) is 5.16 Å². The Morgan fingerprint density at radius 3 is 2.58 bits per heavy atom. The Balaban J connectivity index is 1.83. The monoisotopic (exact) mass is 422 g/mol. The third-order valence-electron chi connectivity index (χ3n) is 5.16. The number of hydrogen-bond acceptors (Lipinski definition) is 6. The van der Waals surface area contributed by atoms with Crippen LogP contribution in [0.5, 0.6) is 0 Å². The third-order valence-corrected chi connectivity index (χ3v) is 5.16. The van der Waals surface area contributed by atoms with Crippen LogP contribution in [0.4, 0.5) is 5.69 Å². The Morgan fingerprint density at radius 2 is 1.87 bits per heavy atom.